The predicted molar refractivity (Wildman–Crippen MR) is 82.6 cm³/mol. The van der Waals surface area contributed by atoms with Crippen molar-refractivity contribution in [2.45, 2.75) is 39.8 Å². The van der Waals surface area contributed by atoms with Gasteiger partial charge in [-0.15, -0.1) is 0 Å². The van der Waals surface area contributed by atoms with Crippen LogP contribution in [0.3, 0.4) is 0 Å². The van der Waals surface area contributed by atoms with Crippen molar-refractivity contribution in [3.05, 3.63) is 28.7 Å². The minimum Gasteiger partial charge on any atom is -0.491 e. The lowest BCUT2D eigenvalue weighted by Crippen LogP contribution is -2.42. The van der Waals surface area contributed by atoms with E-state index in [-0.39, 0.29) is 5.41 Å². The quantitative estimate of drug-likeness (QED) is 0.842. The van der Waals surface area contributed by atoms with Gasteiger partial charge < -0.3 is 15.2 Å². The largest absolute Gasteiger partial charge is 0.491 e. The average Bonchev–Trinajstić information content (AvgIpc) is 2.32. The van der Waals surface area contributed by atoms with Crippen molar-refractivity contribution in [2.75, 3.05) is 13.2 Å². The van der Waals surface area contributed by atoms with Gasteiger partial charge in [-0.2, -0.15) is 0 Å². The number of hydrogen-bond donors (Lipinski definition) is 2. The van der Waals surface area contributed by atoms with Gasteiger partial charge in [-0.05, 0) is 30.5 Å². The summed E-state index contributed by atoms with van der Waals surface area (Å²) in [6.45, 7) is 9.48. The van der Waals surface area contributed by atoms with Crippen LogP contribution in [0.1, 0.15) is 27.7 Å². The summed E-state index contributed by atoms with van der Waals surface area (Å²) < 4.78 is 6.52. The van der Waals surface area contributed by atoms with Gasteiger partial charge in [0.15, 0.2) is 0 Å². The molecule has 0 heterocycles. The van der Waals surface area contributed by atoms with Gasteiger partial charge in [-0.1, -0.05) is 42.8 Å². The monoisotopic (exact) mass is 329 g/mol. The molecule has 0 saturated carbocycles. The Morgan fingerprint density at radius 2 is 2.05 bits per heavy atom. The van der Waals surface area contributed by atoms with Crippen LogP contribution in [-0.2, 0) is 0 Å². The second-order valence-electron chi connectivity index (χ2n) is 5.92. The lowest BCUT2D eigenvalue weighted by atomic mass is 9.88. The highest BCUT2D eigenvalue weighted by atomic mass is 79.9. The third-order valence-electron chi connectivity index (χ3n) is 3.20. The highest BCUT2D eigenvalue weighted by Crippen LogP contribution is 2.19. The molecule has 0 amide bonds. The zero-order valence-corrected chi connectivity index (χ0v) is 13.7. The van der Waals surface area contributed by atoms with E-state index >= 15 is 0 Å². The first-order valence-electron chi connectivity index (χ1n) is 6.59. The number of hydrogen-bond acceptors (Lipinski definition) is 3. The summed E-state index contributed by atoms with van der Waals surface area (Å²) in [5.41, 5.74) is 0.185. The van der Waals surface area contributed by atoms with Crippen LogP contribution in [0, 0.1) is 5.41 Å². The first-order valence-corrected chi connectivity index (χ1v) is 7.38. The molecule has 0 radical (unpaired) electrons. The van der Waals surface area contributed by atoms with E-state index in [2.05, 4.69) is 48.9 Å². The number of aliphatic hydroxyl groups excluding tert-OH is 1. The maximum atomic E-state index is 9.90. The first-order chi connectivity index (χ1) is 8.79. The molecule has 0 aliphatic heterocycles. The standard InChI is InChI=1S/C15H24BrNO2/c1-11(15(2,3)4)17-9-13(18)10-19-14-7-5-6-12(16)8-14/h5-8,11,13,17-18H,9-10H2,1-4H3. The van der Waals surface area contributed by atoms with Gasteiger partial charge in [-0.25, -0.2) is 0 Å². The van der Waals surface area contributed by atoms with Crippen molar-refractivity contribution >= 4 is 15.9 Å². The molecule has 0 aliphatic rings. The Kier molecular flexibility index (Phi) is 6.30. The van der Waals surface area contributed by atoms with Gasteiger partial charge in [0.1, 0.15) is 18.5 Å². The molecule has 0 fully saturated rings. The van der Waals surface area contributed by atoms with Crippen molar-refractivity contribution in [2.24, 2.45) is 5.41 Å². The van der Waals surface area contributed by atoms with E-state index in [1.54, 1.807) is 0 Å². The normalized spacial score (nSPS) is 15.1. The molecule has 4 heteroatoms. The molecule has 1 aromatic carbocycles. The topological polar surface area (TPSA) is 41.5 Å². The van der Waals surface area contributed by atoms with Gasteiger partial charge >= 0.3 is 0 Å². The second kappa shape index (κ2) is 7.27. The van der Waals surface area contributed by atoms with Gasteiger partial charge in [-0.3, -0.25) is 0 Å². The molecular formula is C15H24BrNO2. The fraction of sp³-hybridized carbons (Fsp3) is 0.600. The molecule has 0 spiro atoms. The lowest BCUT2D eigenvalue weighted by Gasteiger charge is -2.29. The molecule has 0 bridgehead atoms. The number of aliphatic hydroxyl groups is 1. The van der Waals surface area contributed by atoms with Crippen LogP contribution in [0.15, 0.2) is 28.7 Å². The average molecular weight is 330 g/mol. The van der Waals surface area contributed by atoms with Gasteiger partial charge in [0.2, 0.25) is 0 Å². The molecule has 1 rings (SSSR count). The van der Waals surface area contributed by atoms with E-state index in [0.29, 0.717) is 19.2 Å². The van der Waals surface area contributed by atoms with Crippen LogP contribution >= 0.6 is 15.9 Å². The fourth-order valence-electron chi connectivity index (χ4n) is 1.43. The summed E-state index contributed by atoms with van der Waals surface area (Å²) in [5.74, 6) is 0.761. The number of benzene rings is 1. The van der Waals surface area contributed by atoms with E-state index in [1.807, 2.05) is 24.3 Å². The number of ether oxygens (including phenoxy) is 1. The van der Waals surface area contributed by atoms with Crippen molar-refractivity contribution in [1.82, 2.24) is 5.32 Å². The van der Waals surface area contributed by atoms with E-state index < -0.39 is 6.10 Å². The number of nitrogens with one attached hydrogen (secondary N) is 1. The van der Waals surface area contributed by atoms with Gasteiger partial charge in [0, 0.05) is 17.1 Å². The highest BCUT2D eigenvalue weighted by molar-refractivity contribution is 9.10. The smallest absolute Gasteiger partial charge is 0.120 e. The van der Waals surface area contributed by atoms with Crippen LogP contribution < -0.4 is 10.1 Å². The molecule has 0 aromatic heterocycles. The number of halogens is 1. The van der Waals surface area contributed by atoms with E-state index in [1.165, 1.54) is 0 Å². The van der Waals surface area contributed by atoms with Crippen molar-refractivity contribution in [3.8, 4) is 5.75 Å². The zero-order valence-electron chi connectivity index (χ0n) is 12.1. The van der Waals surface area contributed by atoms with E-state index in [9.17, 15) is 5.11 Å². The Labute approximate surface area is 124 Å². The van der Waals surface area contributed by atoms with Crippen molar-refractivity contribution < 1.29 is 9.84 Å². The molecule has 3 nitrogen and oxygen atoms in total. The molecule has 2 atom stereocenters. The van der Waals surface area contributed by atoms with Crippen molar-refractivity contribution in [3.63, 3.8) is 0 Å². The summed E-state index contributed by atoms with van der Waals surface area (Å²) in [7, 11) is 0. The van der Waals surface area contributed by atoms with Crippen molar-refractivity contribution in [1.29, 1.82) is 0 Å². The zero-order chi connectivity index (χ0) is 14.5. The molecular weight excluding hydrogens is 306 g/mol. The Balaban J connectivity index is 2.30. The Hall–Kier alpha value is -0.580. The first kappa shape index (κ1) is 16.5. The SMILES string of the molecule is CC(NCC(O)COc1cccc(Br)c1)C(C)(C)C. The summed E-state index contributed by atoms with van der Waals surface area (Å²) in [6, 6.07) is 7.95. The van der Waals surface area contributed by atoms with Crippen LogP contribution in [0.4, 0.5) is 0 Å². The third kappa shape index (κ3) is 6.41. The van der Waals surface area contributed by atoms with Gasteiger partial charge in [0.25, 0.3) is 0 Å². The molecule has 2 unspecified atom stereocenters. The molecule has 2 N–H and O–H groups in total. The lowest BCUT2D eigenvalue weighted by molar-refractivity contribution is 0.0986. The Morgan fingerprint density at radius 3 is 2.63 bits per heavy atom. The van der Waals surface area contributed by atoms with Crippen LogP contribution in [-0.4, -0.2) is 30.4 Å². The molecule has 108 valence electrons. The third-order valence-corrected chi connectivity index (χ3v) is 3.69. The molecule has 1 aromatic rings. The van der Waals surface area contributed by atoms with E-state index in [0.717, 1.165) is 10.2 Å². The highest BCUT2D eigenvalue weighted by Gasteiger charge is 2.20. The molecule has 0 saturated heterocycles. The molecule has 0 aliphatic carbocycles. The maximum absolute atomic E-state index is 9.90. The predicted octanol–water partition coefficient (Wildman–Crippen LogP) is 3.21. The minimum absolute atomic E-state index is 0.185. The van der Waals surface area contributed by atoms with Crippen LogP contribution in [0.2, 0.25) is 0 Å². The van der Waals surface area contributed by atoms with Gasteiger partial charge in [0.05, 0.1) is 0 Å². The Bertz CT molecular complexity index is 390. The Morgan fingerprint density at radius 1 is 1.37 bits per heavy atom. The summed E-state index contributed by atoms with van der Waals surface area (Å²) >= 11 is 3.39. The summed E-state index contributed by atoms with van der Waals surface area (Å²) in [5, 5.41) is 13.2. The maximum Gasteiger partial charge on any atom is 0.120 e. The fourth-order valence-corrected chi connectivity index (χ4v) is 1.81. The molecule has 19 heavy (non-hydrogen) atoms. The summed E-state index contributed by atoms with van der Waals surface area (Å²) in [4.78, 5) is 0. The summed E-state index contributed by atoms with van der Waals surface area (Å²) in [6.07, 6.45) is -0.510. The van der Waals surface area contributed by atoms with Crippen LogP contribution in [0.5, 0.6) is 5.75 Å². The number of rotatable bonds is 6. The van der Waals surface area contributed by atoms with E-state index in [4.69, 9.17) is 4.74 Å². The van der Waals surface area contributed by atoms with Crippen LogP contribution in [0.25, 0.3) is 0 Å². The second-order valence-corrected chi connectivity index (χ2v) is 6.83. The minimum atomic E-state index is -0.510.